The molecule has 8 nitrogen and oxygen atoms in total. The molecule has 0 radical (unpaired) electrons. The summed E-state index contributed by atoms with van der Waals surface area (Å²) in [4.78, 5) is 26.6. The van der Waals surface area contributed by atoms with E-state index in [1.165, 1.54) is 6.07 Å². The van der Waals surface area contributed by atoms with Crippen LogP contribution < -0.4 is 16.4 Å². The SMILES string of the molecule is NC(=O)c1nn(CCN(CC(=O)NCc2cccc(Cl)c2F)C2CCNC2)c2ccccc12. The van der Waals surface area contributed by atoms with Crippen LogP contribution in [0.2, 0.25) is 5.02 Å². The molecule has 0 spiro atoms. The topological polar surface area (TPSA) is 105 Å². The molecule has 4 rings (SSSR count). The van der Waals surface area contributed by atoms with Crippen LogP contribution in [0, 0.1) is 5.82 Å². The van der Waals surface area contributed by atoms with Crippen LogP contribution in [0.4, 0.5) is 4.39 Å². The number of amides is 2. The highest BCUT2D eigenvalue weighted by Gasteiger charge is 2.25. The lowest BCUT2D eigenvalue weighted by Crippen LogP contribution is -2.45. The summed E-state index contributed by atoms with van der Waals surface area (Å²) < 4.78 is 15.9. The third-order valence-corrected chi connectivity index (χ3v) is 6.19. The van der Waals surface area contributed by atoms with Crippen LogP contribution in [0.5, 0.6) is 0 Å². The van der Waals surface area contributed by atoms with Crippen molar-refractivity contribution >= 4 is 34.3 Å². The minimum atomic E-state index is -0.575. The lowest BCUT2D eigenvalue weighted by molar-refractivity contribution is -0.123. The molecule has 0 aliphatic carbocycles. The van der Waals surface area contributed by atoms with Crippen LogP contribution in [0.3, 0.4) is 0 Å². The van der Waals surface area contributed by atoms with Gasteiger partial charge in [-0.3, -0.25) is 19.2 Å². The van der Waals surface area contributed by atoms with Gasteiger partial charge in [-0.25, -0.2) is 4.39 Å². The molecule has 2 amide bonds. The predicted molar refractivity (Wildman–Crippen MR) is 124 cm³/mol. The van der Waals surface area contributed by atoms with Gasteiger partial charge in [0.05, 0.1) is 23.6 Å². The zero-order valence-corrected chi connectivity index (χ0v) is 18.8. The van der Waals surface area contributed by atoms with Crippen molar-refractivity contribution in [2.45, 2.75) is 25.6 Å². The summed E-state index contributed by atoms with van der Waals surface area (Å²) >= 11 is 5.82. The van der Waals surface area contributed by atoms with Crippen molar-refractivity contribution < 1.29 is 14.0 Å². The number of aromatic nitrogens is 2. The first-order valence-corrected chi connectivity index (χ1v) is 11.2. The molecule has 0 bridgehead atoms. The molecule has 3 aromatic rings. The second kappa shape index (κ2) is 10.3. The third-order valence-electron chi connectivity index (χ3n) is 5.90. The molecule has 1 aliphatic rings. The van der Waals surface area contributed by atoms with Crippen molar-refractivity contribution in [3.63, 3.8) is 0 Å². The van der Waals surface area contributed by atoms with Crippen molar-refractivity contribution in [3.05, 3.63) is 64.6 Å². The number of primary amides is 1. The first kappa shape index (κ1) is 23.2. The average Bonchev–Trinajstić information content (AvgIpc) is 3.46. The molecule has 1 fully saturated rings. The molecule has 174 valence electrons. The molecule has 0 saturated carbocycles. The highest BCUT2D eigenvalue weighted by atomic mass is 35.5. The summed E-state index contributed by atoms with van der Waals surface area (Å²) in [6, 6.07) is 12.3. The van der Waals surface area contributed by atoms with Crippen LogP contribution in [0.15, 0.2) is 42.5 Å². The van der Waals surface area contributed by atoms with Gasteiger partial charge in [-0.15, -0.1) is 0 Å². The van der Waals surface area contributed by atoms with E-state index in [1.54, 1.807) is 16.8 Å². The molecule has 33 heavy (non-hydrogen) atoms. The van der Waals surface area contributed by atoms with E-state index in [0.29, 0.717) is 24.0 Å². The van der Waals surface area contributed by atoms with Crippen LogP contribution in [0.1, 0.15) is 22.5 Å². The number of nitrogens with zero attached hydrogens (tertiary/aromatic N) is 3. The normalized spacial score (nSPS) is 15.9. The van der Waals surface area contributed by atoms with Gasteiger partial charge >= 0.3 is 0 Å². The predicted octanol–water partition coefficient (Wildman–Crippen LogP) is 1.91. The number of fused-ring (bicyclic) bond motifs is 1. The van der Waals surface area contributed by atoms with Crippen molar-refractivity contribution in [1.82, 2.24) is 25.3 Å². The molecule has 1 aromatic heterocycles. The minimum Gasteiger partial charge on any atom is -0.364 e. The van der Waals surface area contributed by atoms with Gasteiger partial charge in [0.25, 0.3) is 5.91 Å². The van der Waals surface area contributed by atoms with Crippen molar-refractivity contribution in [1.29, 1.82) is 0 Å². The number of benzene rings is 2. The van der Waals surface area contributed by atoms with Crippen molar-refractivity contribution in [2.75, 3.05) is 26.2 Å². The fourth-order valence-corrected chi connectivity index (χ4v) is 4.36. The first-order valence-electron chi connectivity index (χ1n) is 10.8. The van der Waals surface area contributed by atoms with Crippen LogP contribution in [0.25, 0.3) is 10.9 Å². The highest BCUT2D eigenvalue weighted by molar-refractivity contribution is 6.30. The summed E-state index contributed by atoms with van der Waals surface area (Å²) in [6.07, 6.45) is 0.919. The molecular weight excluding hydrogens is 447 g/mol. The molecule has 10 heteroatoms. The molecule has 1 saturated heterocycles. The van der Waals surface area contributed by atoms with E-state index in [0.717, 1.165) is 25.0 Å². The van der Waals surface area contributed by atoms with Gasteiger partial charge < -0.3 is 16.4 Å². The number of rotatable bonds is 9. The summed E-state index contributed by atoms with van der Waals surface area (Å²) in [6.45, 7) is 2.93. The molecule has 1 atom stereocenters. The zero-order chi connectivity index (χ0) is 23.4. The Labute approximate surface area is 195 Å². The molecular formula is C23H26ClFN6O2. The van der Waals surface area contributed by atoms with Gasteiger partial charge in [-0.2, -0.15) is 5.10 Å². The first-order chi connectivity index (χ1) is 15.9. The lowest BCUT2D eigenvalue weighted by Gasteiger charge is -2.27. The maximum Gasteiger partial charge on any atom is 0.269 e. The molecule has 2 heterocycles. The highest BCUT2D eigenvalue weighted by Crippen LogP contribution is 2.19. The quantitative estimate of drug-likeness (QED) is 0.441. The Balaban J connectivity index is 1.44. The van der Waals surface area contributed by atoms with Gasteiger partial charge in [0.1, 0.15) is 5.82 Å². The van der Waals surface area contributed by atoms with E-state index in [1.807, 2.05) is 24.3 Å². The van der Waals surface area contributed by atoms with Gasteiger partial charge in [0.2, 0.25) is 5.91 Å². The monoisotopic (exact) mass is 472 g/mol. The van der Waals surface area contributed by atoms with Crippen molar-refractivity contribution in [2.24, 2.45) is 5.73 Å². The van der Waals surface area contributed by atoms with Gasteiger partial charge in [0.15, 0.2) is 5.69 Å². The third kappa shape index (κ3) is 5.32. The Hall–Kier alpha value is -3.01. The number of nitrogens with one attached hydrogen (secondary N) is 2. The van der Waals surface area contributed by atoms with E-state index in [9.17, 15) is 14.0 Å². The standard InChI is InChI=1S/C23H26ClFN6O2/c24-18-6-3-4-15(21(18)25)12-28-20(32)14-30(16-8-9-27-13-16)10-11-31-19-7-2-1-5-17(19)22(29-31)23(26)33/h1-7,16,27H,8-14H2,(H2,26,33)(H,28,32). The Morgan fingerprint density at radius 1 is 1.27 bits per heavy atom. The lowest BCUT2D eigenvalue weighted by atomic mass is 10.2. The van der Waals surface area contributed by atoms with E-state index in [2.05, 4.69) is 20.6 Å². The maximum absolute atomic E-state index is 14.1. The van der Waals surface area contributed by atoms with Crippen LogP contribution in [-0.2, 0) is 17.9 Å². The largest absolute Gasteiger partial charge is 0.364 e. The number of hydrogen-bond acceptors (Lipinski definition) is 5. The molecule has 1 unspecified atom stereocenters. The number of carbonyl (C=O) groups excluding carboxylic acids is 2. The second-order valence-electron chi connectivity index (χ2n) is 8.06. The smallest absolute Gasteiger partial charge is 0.269 e. The maximum atomic E-state index is 14.1. The van der Waals surface area contributed by atoms with E-state index in [4.69, 9.17) is 17.3 Å². The van der Waals surface area contributed by atoms with E-state index >= 15 is 0 Å². The summed E-state index contributed by atoms with van der Waals surface area (Å²) in [7, 11) is 0. The number of para-hydroxylation sites is 1. The van der Waals surface area contributed by atoms with E-state index in [-0.39, 0.29) is 35.8 Å². The fraction of sp³-hybridized carbons (Fsp3) is 0.348. The molecule has 2 aromatic carbocycles. The van der Waals surface area contributed by atoms with Gasteiger partial charge in [-0.05, 0) is 25.1 Å². The summed E-state index contributed by atoms with van der Waals surface area (Å²) in [5.74, 6) is -1.30. The Morgan fingerprint density at radius 3 is 2.85 bits per heavy atom. The fourth-order valence-electron chi connectivity index (χ4n) is 4.16. The molecule has 4 N–H and O–H groups in total. The summed E-state index contributed by atoms with van der Waals surface area (Å²) in [5.41, 5.74) is 6.89. The summed E-state index contributed by atoms with van der Waals surface area (Å²) in [5, 5.41) is 11.3. The zero-order valence-electron chi connectivity index (χ0n) is 18.1. The number of hydrogen-bond donors (Lipinski definition) is 3. The average molecular weight is 473 g/mol. The van der Waals surface area contributed by atoms with Crippen LogP contribution >= 0.6 is 11.6 Å². The Bertz CT molecular complexity index is 1160. The molecule has 1 aliphatic heterocycles. The van der Waals surface area contributed by atoms with Crippen molar-refractivity contribution in [3.8, 4) is 0 Å². The van der Waals surface area contributed by atoms with Crippen LogP contribution in [-0.4, -0.2) is 58.7 Å². The Kier molecular flexibility index (Phi) is 7.22. The number of carbonyl (C=O) groups is 2. The number of halogens is 2. The van der Waals surface area contributed by atoms with Gasteiger partial charge in [-0.1, -0.05) is 41.9 Å². The number of nitrogens with two attached hydrogens (primary N) is 1. The van der Waals surface area contributed by atoms with Gasteiger partial charge in [0, 0.05) is 36.6 Å². The second-order valence-corrected chi connectivity index (χ2v) is 8.47. The Morgan fingerprint density at radius 2 is 2.09 bits per heavy atom. The minimum absolute atomic E-state index is 0.0298. The van der Waals surface area contributed by atoms with E-state index < -0.39 is 11.7 Å².